The first kappa shape index (κ1) is 17.8. The van der Waals surface area contributed by atoms with E-state index in [0.717, 1.165) is 6.92 Å². The second-order valence-electron chi connectivity index (χ2n) is 3.36. The third-order valence-corrected chi connectivity index (χ3v) is 2.00. The van der Waals surface area contributed by atoms with E-state index in [1.54, 1.807) is 6.07 Å². The van der Waals surface area contributed by atoms with Crippen LogP contribution in [0, 0.1) is 0 Å². The molecule has 0 aliphatic heterocycles. The first-order valence-corrected chi connectivity index (χ1v) is 4.75. The van der Waals surface area contributed by atoms with E-state index < -0.39 is 23.9 Å². The van der Waals surface area contributed by atoms with E-state index >= 15 is 0 Å². The summed E-state index contributed by atoms with van der Waals surface area (Å²) in [5.41, 5.74) is -1.32. The molecular formula is C11H11F3KNO2. The number of carbonyl (C=O) groups is 1. The maximum absolute atomic E-state index is 12.7. The van der Waals surface area contributed by atoms with Crippen molar-refractivity contribution in [2.45, 2.75) is 19.1 Å². The van der Waals surface area contributed by atoms with Gasteiger partial charge in [-0.3, -0.25) is 4.99 Å². The molecule has 0 radical (unpaired) electrons. The van der Waals surface area contributed by atoms with Crippen molar-refractivity contribution in [3.8, 4) is 0 Å². The van der Waals surface area contributed by atoms with Gasteiger partial charge in [-0.2, -0.15) is 13.2 Å². The number of carboxylic acid groups (broad SMARTS) is 1. The van der Waals surface area contributed by atoms with Gasteiger partial charge < -0.3 is 5.11 Å². The Kier molecular flexibility index (Phi) is 7.31. The second kappa shape index (κ2) is 7.39. The van der Waals surface area contributed by atoms with Crippen LogP contribution in [0.3, 0.4) is 0 Å². The fourth-order valence-electron chi connectivity index (χ4n) is 1.16. The molecule has 0 aliphatic rings. The number of alkyl halides is 3. The van der Waals surface area contributed by atoms with Gasteiger partial charge in [0.25, 0.3) is 0 Å². The summed E-state index contributed by atoms with van der Waals surface area (Å²) < 4.78 is 38.1. The topological polar surface area (TPSA) is 49.7 Å². The van der Waals surface area contributed by atoms with Crippen LogP contribution in [0.1, 0.15) is 12.5 Å². The van der Waals surface area contributed by atoms with Crippen LogP contribution in [0.5, 0.6) is 0 Å². The van der Waals surface area contributed by atoms with E-state index in [-0.39, 0.29) is 56.9 Å². The van der Waals surface area contributed by atoms with Gasteiger partial charge in [0.1, 0.15) is 11.8 Å². The predicted molar refractivity (Wildman–Crippen MR) is 63.3 cm³/mol. The SMILES string of the molecule is C[C@H](N=C(c1ccccc1)C(F)(F)F)C(=O)O.[KH]. The molecule has 94 valence electrons. The summed E-state index contributed by atoms with van der Waals surface area (Å²) in [7, 11) is 0. The summed E-state index contributed by atoms with van der Waals surface area (Å²) >= 11 is 0. The molecule has 1 N–H and O–H groups in total. The van der Waals surface area contributed by atoms with Crippen molar-refractivity contribution in [1.82, 2.24) is 0 Å². The molecule has 0 amide bonds. The van der Waals surface area contributed by atoms with Crippen LogP contribution < -0.4 is 0 Å². The van der Waals surface area contributed by atoms with Gasteiger partial charge in [0.05, 0.1) is 0 Å². The Bertz CT molecular complexity index is 432. The first-order valence-electron chi connectivity index (χ1n) is 4.75. The molecule has 0 saturated carbocycles. The molecule has 18 heavy (non-hydrogen) atoms. The fourth-order valence-corrected chi connectivity index (χ4v) is 1.16. The van der Waals surface area contributed by atoms with Crippen LogP contribution in [-0.2, 0) is 4.79 Å². The van der Waals surface area contributed by atoms with Crippen molar-refractivity contribution in [3.05, 3.63) is 35.9 Å². The molecule has 0 heterocycles. The molecule has 0 aliphatic carbocycles. The third-order valence-electron chi connectivity index (χ3n) is 2.00. The third kappa shape index (κ3) is 5.19. The minimum absolute atomic E-state index is 0. The Labute approximate surface area is 145 Å². The zero-order valence-corrected chi connectivity index (χ0v) is 8.90. The molecule has 1 aromatic rings. The molecule has 0 bridgehead atoms. The number of nitrogens with zero attached hydrogens (tertiary/aromatic N) is 1. The first-order chi connectivity index (χ1) is 7.82. The molecule has 7 heteroatoms. The Balaban J connectivity index is 0.00000289. The zero-order valence-electron chi connectivity index (χ0n) is 8.90. The van der Waals surface area contributed by atoms with Crippen LogP contribution in [0.15, 0.2) is 35.3 Å². The quantitative estimate of drug-likeness (QED) is 0.681. The Morgan fingerprint density at radius 1 is 1.28 bits per heavy atom. The molecule has 0 saturated heterocycles. The standard InChI is InChI=1S/C11H10F3NO2.K.H/c1-7(10(16)17)15-9(11(12,13)14)8-5-3-2-4-6-8;;/h2-7H,1H3,(H,16,17);;/t7-;;/m0../s1. The summed E-state index contributed by atoms with van der Waals surface area (Å²) in [5.74, 6) is -1.40. The maximum atomic E-state index is 12.7. The van der Waals surface area contributed by atoms with Gasteiger partial charge in [-0.15, -0.1) is 0 Å². The number of benzene rings is 1. The van der Waals surface area contributed by atoms with E-state index in [1.165, 1.54) is 24.3 Å². The molecule has 1 atom stereocenters. The van der Waals surface area contributed by atoms with Gasteiger partial charge in [-0.25, -0.2) is 4.79 Å². The average molecular weight is 285 g/mol. The molecule has 1 aromatic carbocycles. The van der Waals surface area contributed by atoms with Crippen molar-refractivity contribution in [2.24, 2.45) is 4.99 Å². The van der Waals surface area contributed by atoms with Gasteiger partial charge in [-0.05, 0) is 6.92 Å². The second-order valence-corrected chi connectivity index (χ2v) is 3.36. The molecule has 1 rings (SSSR count). The fraction of sp³-hybridized carbons (Fsp3) is 0.273. The zero-order chi connectivity index (χ0) is 13.1. The van der Waals surface area contributed by atoms with E-state index in [9.17, 15) is 18.0 Å². The van der Waals surface area contributed by atoms with Crippen molar-refractivity contribution in [2.75, 3.05) is 0 Å². The number of carboxylic acids is 1. The number of hydrogen-bond acceptors (Lipinski definition) is 2. The molecule has 0 spiro atoms. The number of aliphatic carboxylic acids is 1. The number of aliphatic imine (C=N–C) groups is 1. The van der Waals surface area contributed by atoms with E-state index in [0.29, 0.717) is 0 Å². The van der Waals surface area contributed by atoms with Gasteiger partial charge in [0.2, 0.25) is 0 Å². The normalized spacial score (nSPS) is 13.7. The molecule has 0 aromatic heterocycles. The Morgan fingerprint density at radius 2 is 1.78 bits per heavy atom. The summed E-state index contributed by atoms with van der Waals surface area (Å²) in [6.07, 6.45) is -4.68. The van der Waals surface area contributed by atoms with Crippen molar-refractivity contribution in [3.63, 3.8) is 0 Å². The average Bonchev–Trinajstić information content (AvgIpc) is 2.25. The number of rotatable bonds is 3. The summed E-state index contributed by atoms with van der Waals surface area (Å²) in [6.45, 7) is 1.09. The van der Waals surface area contributed by atoms with Crippen molar-refractivity contribution < 1.29 is 23.1 Å². The van der Waals surface area contributed by atoms with Crippen LogP contribution in [0.4, 0.5) is 13.2 Å². The van der Waals surface area contributed by atoms with Crippen LogP contribution in [-0.4, -0.2) is 80.4 Å². The van der Waals surface area contributed by atoms with Gasteiger partial charge in [-0.1, -0.05) is 30.3 Å². The van der Waals surface area contributed by atoms with Crippen LogP contribution >= 0.6 is 0 Å². The predicted octanol–water partition coefficient (Wildman–Crippen LogP) is 1.86. The van der Waals surface area contributed by atoms with E-state index in [1.807, 2.05) is 0 Å². The van der Waals surface area contributed by atoms with Gasteiger partial charge >= 0.3 is 63.5 Å². The van der Waals surface area contributed by atoms with E-state index in [2.05, 4.69) is 4.99 Å². The van der Waals surface area contributed by atoms with Gasteiger partial charge in [0.15, 0.2) is 0 Å². The molecule has 3 nitrogen and oxygen atoms in total. The van der Waals surface area contributed by atoms with Crippen molar-refractivity contribution >= 4 is 63.1 Å². The van der Waals surface area contributed by atoms with Crippen LogP contribution in [0.2, 0.25) is 0 Å². The summed E-state index contributed by atoms with van der Waals surface area (Å²) in [4.78, 5) is 13.7. The summed E-state index contributed by atoms with van der Waals surface area (Å²) in [5, 5.41) is 8.57. The molecule has 0 unspecified atom stereocenters. The Morgan fingerprint density at radius 3 is 2.17 bits per heavy atom. The molecular weight excluding hydrogens is 274 g/mol. The monoisotopic (exact) mass is 285 g/mol. The summed E-state index contributed by atoms with van der Waals surface area (Å²) in [6, 6.07) is 5.47. The number of halogens is 3. The van der Waals surface area contributed by atoms with E-state index in [4.69, 9.17) is 5.11 Å². The minimum atomic E-state index is -4.68. The molecule has 0 fully saturated rings. The van der Waals surface area contributed by atoms with Crippen LogP contribution in [0.25, 0.3) is 0 Å². The number of hydrogen-bond donors (Lipinski definition) is 1. The van der Waals surface area contributed by atoms with Crippen molar-refractivity contribution in [1.29, 1.82) is 0 Å². The Hall–Kier alpha value is -0.214. The van der Waals surface area contributed by atoms with Gasteiger partial charge in [0, 0.05) is 5.56 Å².